The molecule has 0 atom stereocenters. The maximum atomic E-state index is 13.0. The van der Waals surface area contributed by atoms with Crippen LogP contribution in [0.2, 0.25) is 0 Å². The lowest BCUT2D eigenvalue weighted by molar-refractivity contribution is -0.115. The molecule has 2 aromatic carbocycles. The van der Waals surface area contributed by atoms with Crippen LogP contribution in [0.5, 0.6) is 0 Å². The van der Waals surface area contributed by atoms with E-state index in [0.29, 0.717) is 29.5 Å². The Hall–Kier alpha value is -3.63. The molecule has 2 N–H and O–H groups in total. The number of hydrogen-bond donors (Lipinski definition) is 2. The standard InChI is InChI=1S/C30H33N5O3S2/c1-3-38-29(37)27-23-14-7-8-15-24(23)40-28(27)32-26(36)16-17-39-30-34-33-25(35(30)22-12-5-4-6-13-22)19-31-21-11-9-10-20(2)18-21/h4-6,9-13,18,31H,3,7-8,14-17,19H2,1-2H3,(H,32,36). The average Bonchev–Trinajstić information content (AvgIpc) is 3.53. The molecule has 8 nitrogen and oxygen atoms in total. The monoisotopic (exact) mass is 575 g/mol. The maximum Gasteiger partial charge on any atom is 0.341 e. The number of benzene rings is 2. The van der Waals surface area contributed by atoms with Gasteiger partial charge in [0.05, 0.1) is 18.7 Å². The Bertz CT molecular complexity index is 1480. The van der Waals surface area contributed by atoms with Crippen molar-refractivity contribution >= 4 is 45.7 Å². The van der Waals surface area contributed by atoms with E-state index in [-0.39, 0.29) is 18.3 Å². The zero-order chi connectivity index (χ0) is 27.9. The molecule has 4 aromatic rings. The zero-order valence-corrected chi connectivity index (χ0v) is 24.4. The third kappa shape index (κ3) is 6.56. The van der Waals surface area contributed by atoms with Crippen molar-refractivity contribution in [1.82, 2.24) is 14.8 Å². The Morgan fingerprint density at radius 1 is 1.07 bits per heavy atom. The topological polar surface area (TPSA) is 98.1 Å². The number of nitrogens with zero attached hydrogens (tertiary/aromatic N) is 3. The average molecular weight is 576 g/mol. The van der Waals surface area contributed by atoms with Crippen molar-refractivity contribution in [2.24, 2.45) is 0 Å². The molecular weight excluding hydrogens is 542 g/mol. The minimum Gasteiger partial charge on any atom is -0.462 e. The van der Waals surface area contributed by atoms with Gasteiger partial charge in [0.15, 0.2) is 11.0 Å². The molecule has 0 saturated carbocycles. The number of ether oxygens (including phenoxy) is 1. The summed E-state index contributed by atoms with van der Waals surface area (Å²) in [5, 5.41) is 16.7. The molecule has 0 spiro atoms. The number of thiophene rings is 1. The molecule has 1 aliphatic rings. The van der Waals surface area contributed by atoms with Crippen LogP contribution in [-0.2, 0) is 28.9 Å². The maximum absolute atomic E-state index is 13.0. The normalized spacial score (nSPS) is 12.6. The van der Waals surface area contributed by atoms with Crippen LogP contribution in [0, 0.1) is 6.92 Å². The van der Waals surface area contributed by atoms with Crippen molar-refractivity contribution in [3.8, 4) is 5.69 Å². The molecule has 0 radical (unpaired) electrons. The fourth-order valence-electron chi connectivity index (χ4n) is 4.78. The number of fused-ring (bicyclic) bond motifs is 1. The lowest BCUT2D eigenvalue weighted by Gasteiger charge is -2.12. The lowest BCUT2D eigenvalue weighted by atomic mass is 9.95. The number of aromatic nitrogens is 3. The summed E-state index contributed by atoms with van der Waals surface area (Å²) in [6.45, 7) is 4.67. The number of carbonyl (C=O) groups excluding carboxylic acids is 2. The summed E-state index contributed by atoms with van der Waals surface area (Å²) in [4.78, 5) is 26.9. The molecule has 2 heterocycles. The highest BCUT2D eigenvalue weighted by molar-refractivity contribution is 7.99. The van der Waals surface area contributed by atoms with Crippen molar-refractivity contribution in [3.05, 3.63) is 82.0 Å². The second kappa shape index (κ2) is 13.1. The van der Waals surface area contributed by atoms with Crippen molar-refractivity contribution in [1.29, 1.82) is 0 Å². The number of rotatable bonds is 11. The van der Waals surface area contributed by atoms with Gasteiger partial charge in [-0.15, -0.1) is 21.5 Å². The quantitative estimate of drug-likeness (QED) is 0.157. The highest BCUT2D eigenvalue weighted by Gasteiger charge is 2.27. The van der Waals surface area contributed by atoms with Gasteiger partial charge < -0.3 is 15.4 Å². The van der Waals surface area contributed by atoms with E-state index in [2.05, 4.69) is 39.9 Å². The predicted molar refractivity (Wildman–Crippen MR) is 161 cm³/mol. The molecule has 40 heavy (non-hydrogen) atoms. The fourth-order valence-corrected chi connectivity index (χ4v) is 6.98. The minimum atomic E-state index is -0.352. The molecule has 0 bridgehead atoms. The van der Waals surface area contributed by atoms with E-state index in [1.165, 1.54) is 33.5 Å². The highest BCUT2D eigenvalue weighted by atomic mass is 32.2. The number of aryl methyl sites for hydroxylation is 2. The molecule has 208 valence electrons. The van der Waals surface area contributed by atoms with E-state index in [1.807, 2.05) is 47.0 Å². The number of hydrogen-bond acceptors (Lipinski definition) is 8. The van der Waals surface area contributed by atoms with Crippen LogP contribution in [0.15, 0.2) is 59.8 Å². The fraction of sp³-hybridized carbons (Fsp3) is 0.333. The third-order valence-electron chi connectivity index (χ3n) is 6.65. The number of esters is 1. The van der Waals surface area contributed by atoms with Crippen LogP contribution in [0.25, 0.3) is 5.69 Å². The number of nitrogens with one attached hydrogen (secondary N) is 2. The minimum absolute atomic E-state index is 0.135. The summed E-state index contributed by atoms with van der Waals surface area (Å²) in [5.74, 6) is 0.808. The molecule has 1 aliphatic carbocycles. The van der Waals surface area contributed by atoms with Gasteiger partial charge in [0.2, 0.25) is 5.91 Å². The second-order valence-electron chi connectivity index (χ2n) is 9.57. The number of para-hydroxylation sites is 1. The number of carbonyl (C=O) groups is 2. The molecule has 0 fully saturated rings. The number of thioether (sulfide) groups is 1. The molecule has 0 unspecified atom stereocenters. The predicted octanol–water partition coefficient (Wildman–Crippen LogP) is 6.43. The van der Waals surface area contributed by atoms with E-state index >= 15 is 0 Å². The van der Waals surface area contributed by atoms with Gasteiger partial charge in [-0.1, -0.05) is 42.1 Å². The van der Waals surface area contributed by atoms with Gasteiger partial charge in [0.25, 0.3) is 0 Å². The Kier molecular flexibility index (Phi) is 9.18. The summed E-state index contributed by atoms with van der Waals surface area (Å²) in [6, 6.07) is 18.2. The van der Waals surface area contributed by atoms with Crippen molar-refractivity contribution in [2.75, 3.05) is 23.0 Å². The zero-order valence-electron chi connectivity index (χ0n) is 22.7. The van der Waals surface area contributed by atoms with Gasteiger partial charge >= 0.3 is 5.97 Å². The molecule has 5 rings (SSSR count). The van der Waals surface area contributed by atoms with Crippen LogP contribution in [0.4, 0.5) is 10.7 Å². The van der Waals surface area contributed by atoms with Crippen LogP contribution >= 0.6 is 23.1 Å². The number of anilines is 2. The van der Waals surface area contributed by atoms with Crippen LogP contribution < -0.4 is 10.6 Å². The van der Waals surface area contributed by atoms with Crippen LogP contribution in [0.1, 0.15) is 58.4 Å². The second-order valence-corrected chi connectivity index (χ2v) is 11.7. The third-order valence-corrected chi connectivity index (χ3v) is 8.79. The molecule has 0 saturated heterocycles. The first-order valence-corrected chi connectivity index (χ1v) is 15.4. The van der Waals surface area contributed by atoms with Gasteiger partial charge in [-0.25, -0.2) is 4.79 Å². The van der Waals surface area contributed by atoms with Crippen LogP contribution in [0.3, 0.4) is 0 Å². The molecular formula is C30H33N5O3S2. The van der Waals surface area contributed by atoms with E-state index < -0.39 is 0 Å². The summed E-state index contributed by atoms with van der Waals surface area (Å²) >= 11 is 2.99. The first-order chi connectivity index (χ1) is 19.5. The van der Waals surface area contributed by atoms with Crippen LogP contribution in [-0.4, -0.2) is 39.0 Å². The summed E-state index contributed by atoms with van der Waals surface area (Å²) in [7, 11) is 0. The van der Waals surface area contributed by atoms with Crippen molar-refractivity contribution in [3.63, 3.8) is 0 Å². The smallest absolute Gasteiger partial charge is 0.341 e. The van der Waals surface area contributed by atoms with Crippen molar-refractivity contribution in [2.45, 2.75) is 57.7 Å². The van der Waals surface area contributed by atoms with Gasteiger partial charge in [0, 0.05) is 28.4 Å². The van der Waals surface area contributed by atoms with Crippen molar-refractivity contribution < 1.29 is 14.3 Å². The first-order valence-electron chi connectivity index (χ1n) is 13.6. The van der Waals surface area contributed by atoms with E-state index in [4.69, 9.17) is 4.74 Å². The Labute approximate surface area is 242 Å². The van der Waals surface area contributed by atoms with E-state index in [0.717, 1.165) is 53.6 Å². The molecule has 2 aromatic heterocycles. The summed E-state index contributed by atoms with van der Waals surface area (Å²) in [6.07, 6.45) is 4.21. The molecule has 0 aliphatic heterocycles. The molecule has 10 heteroatoms. The molecule has 1 amide bonds. The van der Waals surface area contributed by atoms with Gasteiger partial charge in [0.1, 0.15) is 5.00 Å². The Morgan fingerprint density at radius 3 is 2.70 bits per heavy atom. The Morgan fingerprint density at radius 2 is 1.90 bits per heavy atom. The lowest BCUT2D eigenvalue weighted by Crippen LogP contribution is -2.16. The van der Waals surface area contributed by atoms with E-state index in [9.17, 15) is 9.59 Å². The van der Waals surface area contributed by atoms with Gasteiger partial charge in [-0.2, -0.15) is 0 Å². The SMILES string of the molecule is CCOC(=O)c1c(NC(=O)CCSc2nnc(CNc3cccc(C)c3)n2-c2ccccc2)sc2c1CCCC2. The highest BCUT2D eigenvalue weighted by Crippen LogP contribution is 2.38. The van der Waals surface area contributed by atoms with Gasteiger partial charge in [-0.05, 0) is 74.9 Å². The summed E-state index contributed by atoms with van der Waals surface area (Å²) < 4.78 is 7.34. The Balaban J connectivity index is 1.26. The van der Waals surface area contributed by atoms with E-state index in [1.54, 1.807) is 6.92 Å². The first kappa shape index (κ1) is 27.9. The number of amides is 1. The summed E-state index contributed by atoms with van der Waals surface area (Å²) in [5.41, 5.74) is 4.75. The largest absolute Gasteiger partial charge is 0.462 e. The van der Waals surface area contributed by atoms with Gasteiger partial charge in [-0.3, -0.25) is 9.36 Å².